The van der Waals surface area contributed by atoms with Gasteiger partial charge in [0.05, 0.1) is 13.2 Å². The van der Waals surface area contributed by atoms with Crippen molar-refractivity contribution in [3.05, 3.63) is 59.7 Å². The molecule has 0 bridgehead atoms. The molecule has 0 aliphatic rings. The van der Waals surface area contributed by atoms with E-state index in [1.807, 2.05) is 57.2 Å². The van der Waals surface area contributed by atoms with Gasteiger partial charge in [0.15, 0.2) is 11.9 Å². The van der Waals surface area contributed by atoms with Crippen LogP contribution in [0.15, 0.2) is 48.5 Å². The Balaban J connectivity index is 1.71. The van der Waals surface area contributed by atoms with E-state index in [1.165, 1.54) is 7.11 Å². The molecular weight excluding hydrogens is 384 g/mol. The number of carbonyl (C=O) groups is 2. The zero-order chi connectivity index (χ0) is 22.1. The van der Waals surface area contributed by atoms with Crippen LogP contribution in [0.25, 0.3) is 0 Å². The smallest absolute Gasteiger partial charge is 0.333 e. The van der Waals surface area contributed by atoms with Gasteiger partial charge < -0.3 is 19.3 Å². The molecule has 6 nitrogen and oxygen atoms in total. The van der Waals surface area contributed by atoms with Gasteiger partial charge in [-0.1, -0.05) is 32.9 Å². The molecule has 1 N–H and O–H groups in total. The largest absolute Gasteiger partial charge is 0.493 e. The van der Waals surface area contributed by atoms with Crippen molar-refractivity contribution < 1.29 is 28.9 Å². The summed E-state index contributed by atoms with van der Waals surface area (Å²) < 4.78 is 16.3. The second-order valence-corrected chi connectivity index (χ2v) is 8.06. The van der Waals surface area contributed by atoms with Crippen LogP contribution in [0.4, 0.5) is 0 Å². The molecule has 2 aromatic rings. The zero-order valence-electron chi connectivity index (χ0n) is 18.0. The Morgan fingerprint density at radius 2 is 1.40 bits per heavy atom. The van der Waals surface area contributed by atoms with Crippen LogP contribution < -0.4 is 9.47 Å². The maximum absolute atomic E-state index is 12.2. The van der Waals surface area contributed by atoms with Crippen molar-refractivity contribution in [1.29, 1.82) is 0 Å². The molecule has 0 fully saturated rings. The Kier molecular flexibility index (Phi) is 8.42. The molecule has 0 saturated carbocycles. The Morgan fingerprint density at radius 1 is 0.900 bits per heavy atom. The summed E-state index contributed by atoms with van der Waals surface area (Å²) in [6.45, 7) is 6.70. The molecule has 0 spiro atoms. The lowest BCUT2D eigenvalue weighted by Gasteiger charge is -2.16. The normalized spacial score (nSPS) is 12.3. The van der Waals surface area contributed by atoms with E-state index in [9.17, 15) is 9.59 Å². The number of ether oxygens (including phenoxy) is 3. The highest BCUT2D eigenvalue weighted by atomic mass is 16.5. The number of methoxy groups -OCH3 is 1. The summed E-state index contributed by atoms with van der Waals surface area (Å²) in [7, 11) is 1.39. The average molecular weight is 414 g/mol. The summed E-state index contributed by atoms with van der Waals surface area (Å²) >= 11 is 0. The fourth-order valence-corrected chi connectivity index (χ4v) is 2.78. The Bertz CT molecular complexity index is 818. The summed E-state index contributed by atoms with van der Waals surface area (Å²) in [5.41, 5.74) is 1.15. The van der Waals surface area contributed by atoms with Gasteiger partial charge in [0, 0.05) is 30.9 Å². The van der Waals surface area contributed by atoms with E-state index in [4.69, 9.17) is 19.3 Å². The molecule has 2 rings (SSSR count). The monoisotopic (exact) mass is 414 g/mol. The molecule has 0 heterocycles. The lowest BCUT2D eigenvalue weighted by Crippen LogP contribution is -2.24. The molecule has 2 aromatic carbocycles. The van der Waals surface area contributed by atoms with Crippen molar-refractivity contribution in [2.45, 2.75) is 39.7 Å². The third kappa shape index (κ3) is 7.19. The standard InChI is InChI=1S/C24H30O6/c1-24(2,3)22(25)18-8-12-20(13-9-18)30-15-5-14-29-19-10-6-17(7-11-19)16-21(28-4)23(26)27/h6-13,21H,5,14-16H2,1-4H3,(H,26,27)/t21-/m0/s1. The molecule has 0 aliphatic carbocycles. The first-order valence-electron chi connectivity index (χ1n) is 9.95. The van der Waals surface area contributed by atoms with Crippen LogP contribution in [0.1, 0.15) is 43.1 Å². The number of rotatable bonds is 11. The summed E-state index contributed by atoms with van der Waals surface area (Å²) in [6.07, 6.45) is 0.157. The van der Waals surface area contributed by atoms with Crippen molar-refractivity contribution in [3.8, 4) is 11.5 Å². The summed E-state index contributed by atoms with van der Waals surface area (Å²) in [5.74, 6) is 0.562. The Morgan fingerprint density at radius 3 is 1.83 bits per heavy atom. The van der Waals surface area contributed by atoms with Crippen molar-refractivity contribution in [2.75, 3.05) is 20.3 Å². The van der Waals surface area contributed by atoms with Gasteiger partial charge in [-0.05, 0) is 42.0 Å². The van der Waals surface area contributed by atoms with Gasteiger partial charge in [-0.2, -0.15) is 0 Å². The number of aliphatic carboxylic acids is 1. The fourth-order valence-electron chi connectivity index (χ4n) is 2.78. The Hall–Kier alpha value is -2.86. The van der Waals surface area contributed by atoms with Gasteiger partial charge >= 0.3 is 5.97 Å². The predicted molar refractivity (Wildman–Crippen MR) is 114 cm³/mol. The molecule has 0 saturated heterocycles. The van der Waals surface area contributed by atoms with Gasteiger partial charge in [-0.25, -0.2) is 4.79 Å². The first-order valence-corrected chi connectivity index (χ1v) is 9.95. The molecule has 162 valence electrons. The van der Waals surface area contributed by atoms with Crippen LogP contribution in [0, 0.1) is 5.41 Å². The second kappa shape index (κ2) is 10.8. The number of hydrogen-bond acceptors (Lipinski definition) is 5. The first-order chi connectivity index (χ1) is 14.2. The average Bonchev–Trinajstić information content (AvgIpc) is 2.71. The van der Waals surface area contributed by atoms with Crippen LogP contribution >= 0.6 is 0 Å². The lowest BCUT2D eigenvalue weighted by molar-refractivity contribution is -0.148. The molecular formula is C24H30O6. The minimum absolute atomic E-state index is 0.106. The number of Topliss-reactive ketones (excluding diaryl/α,β-unsaturated/α-hetero) is 1. The number of carboxylic acid groups (broad SMARTS) is 1. The quantitative estimate of drug-likeness (QED) is 0.433. The topological polar surface area (TPSA) is 82.1 Å². The van der Waals surface area contributed by atoms with E-state index < -0.39 is 17.5 Å². The lowest BCUT2D eigenvalue weighted by atomic mass is 9.86. The van der Waals surface area contributed by atoms with Crippen LogP contribution in [-0.4, -0.2) is 43.3 Å². The van der Waals surface area contributed by atoms with Gasteiger partial charge in [0.1, 0.15) is 11.5 Å². The summed E-state index contributed by atoms with van der Waals surface area (Å²) in [4.78, 5) is 23.3. The number of ketones is 1. The van der Waals surface area contributed by atoms with Gasteiger partial charge in [0.2, 0.25) is 0 Å². The third-order valence-corrected chi connectivity index (χ3v) is 4.53. The molecule has 0 aliphatic heterocycles. The molecule has 0 radical (unpaired) electrons. The summed E-state index contributed by atoms with van der Waals surface area (Å²) in [5, 5.41) is 9.03. The molecule has 0 aromatic heterocycles. The van der Waals surface area contributed by atoms with E-state index in [0.717, 1.165) is 11.3 Å². The highest BCUT2D eigenvalue weighted by Gasteiger charge is 2.22. The number of hydrogen-bond donors (Lipinski definition) is 1. The SMILES string of the molecule is CO[C@@H](Cc1ccc(OCCCOc2ccc(C(=O)C(C)(C)C)cc2)cc1)C(=O)O. The Labute approximate surface area is 177 Å². The van der Waals surface area contributed by atoms with Crippen molar-refractivity contribution in [3.63, 3.8) is 0 Å². The van der Waals surface area contributed by atoms with Crippen LogP contribution in [0.3, 0.4) is 0 Å². The molecule has 30 heavy (non-hydrogen) atoms. The highest BCUT2D eigenvalue weighted by molar-refractivity contribution is 5.99. The van der Waals surface area contributed by atoms with Crippen molar-refractivity contribution in [1.82, 2.24) is 0 Å². The van der Waals surface area contributed by atoms with Crippen LogP contribution in [-0.2, 0) is 16.0 Å². The second-order valence-electron chi connectivity index (χ2n) is 8.06. The highest BCUT2D eigenvalue weighted by Crippen LogP contribution is 2.22. The number of benzene rings is 2. The number of carboxylic acids is 1. The third-order valence-electron chi connectivity index (χ3n) is 4.53. The van der Waals surface area contributed by atoms with Crippen LogP contribution in [0.2, 0.25) is 0 Å². The van der Waals surface area contributed by atoms with E-state index in [0.29, 0.717) is 37.4 Å². The maximum atomic E-state index is 12.2. The van der Waals surface area contributed by atoms with Gasteiger partial charge in [-0.3, -0.25) is 4.79 Å². The molecule has 0 amide bonds. The predicted octanol–water partition coefficient (Wildman–Crippen LogP) is 4.41. The fraction of sp³-hybridized carbons (Fsp3) is 0.417. The maximum Gasteiger partial charge on any atom is 0.333 e. The van der Waals surface area contributed by atoms with Crippen molar-refractivity contribution in [2.24, 2.45) is 5.41 Å². The van der Waals surface area contributed by atoms with E-state index >= 15 is 0 Å². The van der Waals surface area contributed by atoms with E-state index in [-0.39, 0.29) is 5.78 Å². The molecule has 6 heteroatoms. The summed E-state index contributed by atoms with van der Waals surface area (Å²) in [6, 6.07) is 14.5. The van der Waals surface area contributed by atoms with Crippen LogP contribution in [0.5, 0.6) is 11.5 Å². The van der Waals surface area contributed by atoms with Gasteiger partial charge in [0.25, 0.3) is 0 Å². The number of carbonyl (C=O) groups excluding carboxylic acids is 1. The minimum atomic E-state index is -0.978. The zero-order valence-corrected chi connectivity index (χ0v) is 18.0. The molecule has 0 unspecified atom stereocenters. The minimum Gasteiger partial charge on any atom is -0.493 e. The van der Waals surface area contributed by atoms with E-state index in [2.05, 4.69) is 0 Å². The molecule has 1 atom stereocenters. The van der Waals surface area contributed by atoms with Gasteiger partial charge in [-0.15, -0.1) is 0 Å². The van der Waals surface area contributed by atoms with Crippen molar-refractivity contribution >= 4 is 11.8 Å². The first kappa shape index (κ1) is 23.4. The van der Waals surface area contributed by atoms with E-state index in [1.54, 1.807) is 12.1 Å².